The Balaban J connectivity index is 1.83. The van der Waals surface area contributed by atoms with Gasteiger partial charge >= 0.3 is 0 Å². The highest BCUT2D eigenvalue weighted by molar-refractivity contribution is 5.98. The van der Waals surface area contributed by atoms with E-state index in [2.05, 4.69) is 10.3 Å². The van der Waals surface area contributed by atoms with Crippen LogP contribution in [0.2, 0.25) is 0 Å². The molecule has 2 aromatic heterocycles. The van der Waals surface area contributed by atoms with E-state index in [0.717, 1.165) is 5.56 Å². The number of hydrogen-bond acceptors (Lipinski definition) is 3. The first-order chi connectivity index (χ1) is 10.1. The third-order valence-corrected chi connectivity index (χ3v) is 3.28. The summed E-state index contributed by atoms with van der Waals surface area (Å²) in [7, 11) is 0. The van der Waals surface area contributed by atoms with Gasteiger partial charge in [-0.15, -0.1) is 0 Å². The molecular weight excluding hydrogens is 271 g/mol. The summed E-state index contributed by atoms with van der Waals surface area (Å²) >= 11 is 0. The molecule has 0 saturated heterocycles. The van der Waals surface area contributed by atoms with E-state index in [9.17, 15) is 9.18 Å². The van der Waals surface area contributed by atoms with Crippen LogP contribution in [0.1, 0.15) is 21.7 Å². The fraction of sp³-hybridized carbons (Fsp3) is 0.125. The average molecular weight is 284 g/mol. The van der Waals surface area contributed by atoms with Crippen LogP contribution in [0, 0.1) is 12.7 Å². The standard InChI is InChI=1S/C16H13FN2O2/c1-10-13-7-12(17)4-5-14(13)21-15(10)16(20)19-9-11-3-2-6-18-8-11/h2-8H,9H2,1H3,(H,19,20). The van der Waals surface area contributed by atoms with E-state index in [4.69, 9.17) is 4.42 Å². The topological polar surface area (TPSA) is 55.1 Å². The lowest BCUT2D eigenvalue weighted by Crippen LogP contribution is -2.23. The van der Waals surface area contributed by atoms with Crippen LogP contribution < -0.4 is 5.32 Å². The van der Waals surface area contributed by atoms with E-state index >= 15 is 0 Å². The van der Waals surface area contributed by atoms with Crippen LogP contribution in [0.5, 0.6) is 0 Å². The largest absolute Gasteiger partial charge is 0.451 e. The number of nitrogens with one attached hydrogen (secondary N) is 1. The van der Waals surface area contributed by atoms with Crippen LogP contribution in [0.4, 0.5) is 4.39 Å². The van der Waals surface area contributed by atoms with Gasteiger partial charge in [-0.25, -0.2) is 4.39 Å². The van der Waals surface area contributed by atoms with Crippen LogP contribution in [0.3, 0.4) is 0 Å². The number of rotatable bonds is 3. The van der Waals surface area contributed by atoms with Crippen molar-refractivity contribution in [3.05, 3.63) is 65.4 Å². The molecule has 0 fully saturated rings. The van der Waals surface area contributed by atoms with Crippen LogP contribution in [-0.2, 0) is 6.54 Å². The van der Waals surface area contributed by atoms with Crippen molar-refractivity contribution in [2.45, 2.75) is 13.5 Å². The molecule has 1 aromatic carbocycles. The molecule has 0 spiro atoms. The normalized spacial score (nSPS) is 10.8. The first kappa shape index (κ1) is 13.3. The van der Waals surface area contributed by atoms with E-state index in [-0.39, 0.29) is 17.5 Å². The molecule has 0 bridgehead atoms. The molecule has 0 saturated carbocycles. The molecular formula is C16H13FN2O2. The zero-order valence-electron chi connectivity index (χ0n) is 11.4. The van der Waals surface area contributed by atoms with Crippen LogP contribution in [0.15, 0.2) is 47.1 Å². The predicted octanol–water partition coefficient (Wildman–Crippen LogP) is 3.21. The quantitative estimate of drug-likeness (QED) is 0.803. The molecule has 0 aliphatic rings. The molecule has 4 nitrogen and oxygen atoms in total. The highest BCUT2D eigenvalue weighted by Crippen LogP contribution is 2.25. The SMILES string of the molecule is Cc1c(C(=O)NCc2cccnc2)oc2ccc(F)cc12. The molecule has 0 aliphatic carbocycles. The van der Waals surface area contributed by atoms with Crippen molar-refractivity contribution in [2.24, 2.45) is 0 Å². The van der Waals surface area contributed by atoms with Crippen LogP contribution in [0.25, 0.3) is 11.0 Å². The Bertz CT molecular complexity index is 797. The highest BCUT2D eigenvalue weighted by Gasteiger charge is 2.17. The number of carbonyl (C=O) groups excluding carboxylic acids is 1. The summed E-state index contributed by atoms with van der Waals surface area (Å²) in [5.41, 5.74) is 2.03. The van der Waals surface area contributed by atoms with Crippen molar-refractivity contribution < 1.29 is 13.6 Å². The zero-order valence-corrected chi connectivity index (χ0v) is 11.4. The van der Waals surface area contributed by atoms with Crippen molar-refractivity contribution in [1.29, 1.82) is 0 Å². The number of furan rings is 1. The third-order valence-electron chi connectivity index (χ3n) is 3.28. The molecule has 21 heavy (non-hydrogen) atoms. The van der Waals surface area contributed by atoms with Gasteiger partial charge in [-0.1, -0.05) is 6.07 Å². The Labute approximate surface area is 120 Å². The summed E-state index contributed by atoms with van der Waals surface area (Å²) in [6, 6.07) is 7.87. The van der Waals surface area contributed by atoms with Crippen molar-refractivity contribution in [1.82, 2.24) is 10.3 Å². The number of aryl methyl sites for hydroxylation is 1. The molecule has 106 valence electrons. The van der Waals surface area contributed by atoms with Gasteiger partial charge < -0.3 is 9.73 Å². The summed E-state index contributed by atoms with van der Waals surface area (Å²) in [5.74, 6) is -0.471. The van der Waals surface area contributed by atoms with Gasteiger partial charge in [-0.05, 0) is 36.8 Å². The summed E-state index contributed by atoms with van der Waals surface area (Å²) in [5, 5.41) is 3.38. The number of fused-ring (bicyclic) bond motifs is 1. The maximum atomic E-state index is 13.2. The number of nitrogens with zero attached hydrogens (tertiary/aromatic N) is 1. The number of amides is 1. The highest BCUT2D eigenvalue weighted by atomic mass is 19.1. The van der Waals surface area contributed by atoms with E-state index in [1.807, 2.05) is 6.07 Å². The number of aromatic nitrogens is 1. The fourth-order valence-electron chi connectivity index (χ4n) is 2.18. The van der Waals surface area contributed by atoms with E-state index in [1.165, 1.54) is 18.2 Å². The average Bonchev–Trinajstić information content (AvgIpc) is 2.83. The lowest BCUT2D eigenvalue weighted by atomic mass is 10.1. The number of pyridine rings is 1. The number of halogens is 1. The first-order valence-corrected chi connectivity index (χ1v) is 6.51. The first-order valence-electron chi connectivity index (χ1n) is 6.51. The van der Waals surface area contributed by atoms with Gasteiger partial charge in [0, 0.05) is 29.9 Å². The summed E-state index contributed by atoms with van der Waals surface area (Å²) in [4.78, 5) is 16.2. The molecule has 2 heterocycles. The minimum Gasteiger partial charge on any atom is -0.451 e. The maximum absolute atomic E-state index is 13.2. The van der Waals surface area contributed by atoms with Gasteiger partial charge in [0.2, 0.25) is 0 Å². The number of carbonyl (C=O) groups is 1. The number of hydrogen-bond donors (Lipinski definition) is 1. The molecule has 3 aromatic rings. The molecule has 1 amide bonds. The minimum absolute atomic E-state index is 0.208. The van der Waals surface area contributed by atoms with Crippen molar-refractivity contribution in [2.75, 3.05) is 0 Å². The fourth-order valence-corrected chi connectivity index (χ4v) is 2.18. The minimum atomic E-state index is -0.353. The van der Waals surface area contributed by atoms with Crippen molar-refractivity contribution in [3.63, 3.8) is 0 Å². The smallest absolute Gasteiger partial charge is 0.287 e. The second kappa shape index (κ2) is 5.36. The van der Waals surface area contributed by atoms with Crippen molar-refractivity contribution in [3.8, 4) is 0 Å². The summed E-state index contributed by atoms with van der Waals surface area (Å²) in [6.45, 7) is 2.10. The summed E-state index contributed by atoms with van der Waals surface area (Å²) < 4.78 is 18.8. The Kier molecular flexibility index (Phi) is 3.39. The van der Waals surface area contributed by atoms with Gasteiger partial charge in [-0.3, -0.25) is 9.78 Å². The van der Waals surface area contributed by atoms with Gasteiger partial charge in [0.25, 0.3) is 5.91 Å². The summed E-state index contributed by atoms with van der Waals surface area (Å²) in [6.07, 6.45) is 3.35. The van der Waals surface area contributed by atoms with Crippen LogP contribution in [-0.4, -0.2) is 10.9 Å². The monoisotopic (exact) mass is 284 g/mol. The van der Waals surface area contributed by atoms with Gasteiger partial charge in [-0.2, -0.15) is 0 Å². The van der Waals surface area contributed by atoms with E-state index in [1.54, 1.807) is 25.4 Å². The van der Waals surface area contributed by atoms with Crippen molar-refractivity contribution >= 4 is 16.9 Å². The molecule has 0 unspecified atom stereocenters. The molecule has 1 N–H and O–H groups in total. The molecule has 0 atom stereocenters. The third kappa shape index (κ3) is 2.63. The Morgan fingerprint density at radius 3 is 3.00 bits per heavy atom. The zero-order chi connectivity index (χ0) is 14.8. The molecule has 3 rings (SSSR count). The Morgan fingerprint density at radius 2 is 2.24 bits per heavy atom. The lowest BCUT2D eigenvalue weighted by Gasteiger charge is -2.03. The molecule has 0 radical (unpaired) electrons. The second-order valence-corrected chi connectivity index (χ2v) is 4.74. The van der Waals surface area contributed by atoms with Crippen LogP contribution >= 0.6 is 0 Å². The molecule has 0 aliphatic heterocycles. The maximum Gasteiger partial charge on any atom is 0.287 e. The molecule has 5 heteroatoms. The van der Waals surface area contributed by atoms with Gasteiger partial charge in [0.15, 0.2) is 5.76 Å². The van der Waals surface area contributed by atoms with Gasteiger partial charge in [0.1, 0.15) is 11.4 Å². The Morgan fingerprint density at radius 1 is 1.38 bits per heavy atom. The second-order valence-electron chi connectivity index (χ2n) is 4.74. The Hall–Kier alpha value is -2.69. The lowest BCUT2D eigenvalue weighted by molar-refractivity contribution is 0.0924. The number of benzene rings is 1. The van der Waals surface area contributed by atoms with E-state index < -0.39 is 0 Å². The van der Waals surface area contributed by atoms with E-state index in [0.29, 0.717) is 23.1 Å². The predicted molar refractivity (Wildman–Crippen MR) is 76.3 cm³/mol. The van der Waals surface area contributed by atoms with Gasteiger partial charge in [0.05, 0.1) is 0 Å².